The zero-order valence-corrected chi connectivity index (χ0v) is 12.8. The number of nitrogens with zero attached hydrogens (tertiary/aromatic N) is 1. The van der Waals surface area contributed by atoms with Gasteiger partial charge in [0.2, 0.25) is 0 Å². The van der Waals surface area contributed by atoms with Crippen LogP contribution in [-0.2, 0) is 25.6 Å². The van der Waals surface area contributed by atoms with Gasteiger partial charge in [0, 0.05) is 12.1 Å². The highest BCUT2D eigenvalue weighted by atomic mass is 16.5. The van der Waals surface area contributed by atoms with E-state index in [-0.39, 0.29) is 13.1 Å². The van der Waals surface area contributed by atoms with Gasteiger partial charge in [0.15, 0.2) is 0 Å². The second kappa shape index (κ2) is 8.26. The first-order valence-electron chi connectivity index (χ1n) is 6.49. The van der Waals surface area contributed by atoms with Gasteiger partial charge in [-0.2, -0.15) is 0 Å². The molecule has 0 aromatic heterocycles. The van der Waals surface area contributed by atoms with Crippen molar-refractivity contribution in [3.8, 4) is 5.75 Å². The summed E-state index contributed by atoms with van der Waals surface area (Å²) in [6, 6.07) is 5.76. The summed E-state index contributed by atoms with van der Waals surface area (Å²) in [7, 11) is 4.21. The highest BCUT2D eigenvalue weighted by Crippen LogP contribution is 2.21. The molecule has 0 N–H and O–H groups in total. The van der Waals surface area contributed by atoms with E-state index in [0.29, 0.717) is 12.3 Å². The number of aryl methyl sites for hydroxylation is 1. The quantitative estimate of drug-likeness (QED) is 0.703. The van der Waals surface area contributed by atoms with Crippen LogP contribution in [0.5, 0.6) is 5.75 Å². The summed E-state index contributed by atoms with van der Waals surface area (Å²) in [6.07, 6.45) is 0. The van der Waals surface area contributed by atoms with Crippen LogP contribution in [0.4, 0.5) is 0 Å². The summed E-state index contributed by atoms with van der Waals surface area (Å²) in [5.41, 5.74) is 1.96. The molecule has 0 spiro atoms. The van der Waals surface area contributed by atoms with Gasteiger partial charge in [0.1, 0.15) is 5.75 Å². The number of rotatable bonds is 7. The molecule has 0 aliphatic carbocycles. The molecule has 0 saturated carbocycles. The molecule has 0 aliphatic rings. The zero-order chi connectivity index (χ0) is 15.8. The fourth-order valence-corrected chi connectivity index (χ4v) is 1.93. The van der Waals surface area contributed by atoms with Crippen molar-refractivity contribution in [3.05, 3.63) is 29.3 Å². The van der Waals surface area contributed by atoms with E-state index in [4.69, 9.17) is 4.74 Å². The van der Waals surface area contributed by atoms with Crippen molar-refractivity contribution in [3.63, 3.8) is 0 Å². The van der Waals surface area contributed by atoms with E-state index in [9.17, 15) is 9.59 Å². The molecular formula is C15H21NO5. The predicted octanol–water partition coefficient (Wildman–Crippen LogP) is 1.15. The lowest BCUT2D eigenvalue weighted by Crippen LogP contribution is -2.35. The van der Waals surface area contributed by atoms with Crippen molar-refractivity contribution in [1.82, 2.24) is 4.90 Å². The maximum Gasteiger partial charge on any atom is 0.319 e. The molecule has 21 heavy (non-hydrogen) atoms. The number of esters is 2. The summed E-state index contributed by atoms with van der Waals surface area (Å²) in [5.74, 6) is -0.114. The van der Waals surface area contributed by atoms with Crippen molar-refractivity contribution in [2.24, 2.45) is 0 Å². The third-order valence-electron chi connectivity index (χ3n) is 2.99. The van der Waals surface area contributed by atoms with E-state index in [2.05, 4.69) is 9.47 Å². The zero-order valence-electron chi connectivity index (χ0n) is 12.8. The van der Waals surface area contributed by atoms with Gasteiger partial charge in [-0.15, -0.1) is 0 Å². The van der Waals surface area contributed by atoms with E-state index >= 15 is 0 Å². The van der Waals surface area contributed by atoms with Crippen LogP contribution in [0.1, 0.15) is 11.1 Å². The minimum absolute atomic E-state index is 0.00267. The number of methoxy groups -OCH3 is 3. The predicted molar refractivity (Wildman–Crippen MR) is 77.0 cm³/mol. The molecule has 0 bridgehead atoms. The first kappa shape index (κ1) is 17.0. The van der Waals surface area contributed by atoms with Crippen molar-refractivity contribution >= 4 is 11.9 Å². The monoisotopic (exact) mass is 295 g/mol. The lowest BCUT2D eigenvalue weighted by molar-refractivity contribution is -0.145. The molecular weight excluding hydrogens is 274 g/mol. The van der Waals surface area contributed by atoms with Crippen LogP contribution in [-0.4, -0.2) is 51.3 Å². The van der Waals surface area contributed by atoms with E-state index in [1.54, 1.807) is 12.0 Å². The normalized spacial score (nSPS) is 10.3. The largest absolute Gasteiger partial charge is 0.496 e. The number of carbonyl (C=O) groups excluding carboxylic acids is 2. The Hall–Kier alpha value is -2.08. The molecule has 1 rings (SSSR count). The minimum atomic E-state index is -0.412. The molecule has 116 valence electrons. The molecule has 0 radical (unpaired) electrons. The molecule has 6 heteroatoms. The molecule has 0 aliphatic heterocycles. The first-order valence-corrected chi connectivity index (χ1v) is 6.49. The lowest BCUT2D eigenvalue weighted by atomic mass is 10.1. The van der Waals surface area contributed by atoms with Gasteiger partial charge in [0.25, 0.3) is 0 Å². The fraction of sp³-hybridized carbons (Fsp3) is 0.467. The smallest absolute Gasteiger partial charge is 0.319 e. The summed E-state index contributed by atoms with van der Waals surface area (Å²) in [6.45, 7) is 2.36. The summed E-state index contributed by atoms with van der Waals surface area (Å²) < 4.78 is 14.6. The number of benzene rings is 1. The van der Waals surface area contributed by atoms with Crippen molar-refractivity contribution in [2.75, 3.05) is 34.4 Å². The van der Waals surface area contributed by atoms with E-state index in [0.717, 1.165) is 11.1 Å². The van der Waals surface area contributed by atoms with Crippen LogP contribution in [0.2, 0.25) is 0 Å². The fourth-order valence-electron chi connectivity index (χ4n) is 1.93. The topological polar surface area (TPSA) is 65.1 Å². The molecule has 6 nitrogen and oxygen atoms in total. The molecule has 0 heterocycles. The van der Waals surface area contributed by atoms with Crippen molar-refractivity contribution < 1.29 is 23.8 Å². The highest BCUT2D eigenvalue weighted by molar-refractivity contribution is 5.74. The van der Waals surface area contributed by atoms with Gasteiger partial charge in [-0.1, -0.05) is 17.7 Å². The second-order valence-corrected chi connectivity index (χ2v) is 4.61. The number of carbonyl (C=O) groups is 2. The van der Waals surface area contributed by atoms with Gasteiger partial charge < -0.3 is 14.2 Å². The maximum absolute atomic E-state index is 11.5. The highest BCUT2D eigenvalue weighted by Gasteiger charge is 2.17. The average Bonchev–Trinajstić information content (AvgIpc) is 2.47. The van der Waals surface area contributed by atoms with Gasteiger partial charge in [-0.3, -0.25) is 14.5 Å². The van der Waals surface area contributed by atoms with Crippen molar-refractivity contribution in [2.45, 2.75) is 13.5 Å². The number of hydrogen-bond acceptors (Lipinski definition) is 6. The van der Waals surface area contributed by atoms with Crippen molar-refractivity contribution in [1.29, 1.82) is 0 Å². The first-order chi connectivity index (χ1) is 9.99. The van der Waals surface area contributed by atoms with Crippen LogP contribution in [0, 0.1) is 6.92 Å². The Morgan fingerprint density at radius 2 is 1.62 bits per heavy atom. The molecule has 1 aromatic carbocycles. The number of hydrogen-bond donors (Lipinski definition) is 0. The lowest BCUT2D eigenvalue weighted by Gasteiger charge is -2.21. The Bertz CT molecular complexity index is 483. The standard InChI is InChI=1S/C15H21NO5/c1-11-5-6-13(19-2)12(7-11)8-16(9-14(17)20-3)10-15(18)21-4/h5-7H,8-10H2,1-4H3. The third-order valence-corrected chi connectivity index (χ3v) is 2.99. The Balaban J connectivity index is 2.91. The van der Waals surface area contributed by atoms with E-state index < -0.39 is 11.9 Å². The summed E-state index contributed by atoms with van der Waals surface area (Å²) in [5, 5.41) is 0. The SMILES string of the molecule is COC(=O)CN(CC(=O)OC)Cc1cc(C)ccc1OC. The van der Waals surface area contributed by atoms with E-state index in [1.165, 1.54) is 14.2 Å². The maximum atomic E-state index is 11.5. The molecule has 1 aromatic rings. The molecule has 0 atom stereocenters. The molecule has 0 saturated heterocycles. The Morgan fingerprint density at radius 3 is 2.10 bits per heavy atom. The van der Waals surface area contributed by atoms with Gasteiger partial charge in [0.05, 0.1) is 34.4 Å². The average molecular weight is 295 g/mol. The van der Waals surface area contributed by atoms with Crippen LogP contribution in [0.3, 0.4) is 0 Å². The summed E-state index contributed by atoms with van der Waals surface area (Å²) in [4.78, 5) is 24.6. The molecule has 0 unspecified atom stereocenters. The molecule has 0 amide bonds. The van der Waals surface area contributed by atoms with Crippen LogP contribution in [0.25, 0.3) is 0 Å². The van der Waals surface area contributed by atoms with Gasteiger partial charge in [-0.05, 0) is 13.0 Å². The second-order valence-electron chi connectivity index (χ2n) is 4.61. The Morgan fingerprint density at radius 1 is 1.05 bits per heavy atom. The van der Waals surface area contributed by atoms with E-state index in [1.807, 2.05) is 25.1 Å². The van der Waals surface area contributed by atoms with Crippen LogP contribution >= 0.6 is 0 Å². The van der Waals surface area contributed by atoms with Gasteiger partial charge >= 0.3 is 11.9 Å². The third kappa shape index (κ3) is 5.43. The van der Waals surface area contributed by atoms with Gasteiger partial charge in [-0.25, -0.2) is 0 Å². The van der Waals surface area contributed by atoms with Crippen LogP contribution in [0.15, 0.2) is 18.2 Å². The molecule has 0 fully saturated rings. The summed E-state index contributed by atoms with van der Waals surface area (Å²) >= 11 is 0. The Kier molecular flexibility index (Phi) is 6.68. The Labute approximate surface area is 124 Å². The van der Waals surface area contributed by atoms with Crippen LogP contribution < -0.4 is 4.74 Å². The minimum Gasteiger partial charge on any atom is -0.496 e. The number of ether oxygens (including phenoxy) is 3.